The van der Waals surface area contributed by atoms with Crippen molar-refractivity contribution in [1.82, 2.24) is 15.1 Å². The van der Waals surface area contributed by atoms with E-state index in [0.717, 1.165) is 50.6 Å². The van der Waals surface area contributed by atoms with Gasteiger partial charge in [0.1, 0.15) is 0 Å². The van der Waals surface area contributed by atoms with Crippen LogP contribution >= 0.6 is 24.0 Å². The molecule has 1 aromatic rings. The number of anilines is 1. The monoisotopic (exact) mass is 469 g/mol. The van der Waals surface area contributed by atoms with Crippen molar-refractivity contribution in [2.24, 2.45) is 10.9 Å². The van der Waals surface area contributed by atoms with E-state index in [0.29, 0.717) is 0 Å². The normalized spacial score (nSPS) is 24.5. The van der Waals surface area contributed by atoms with Gasteiger partial charge in [0.25, 0.3) is 0 Å². The summed E-state index contributed by atoms with van der Waals surface area (Å²) in [5, 5.41) is 3.65. The van der Waals surface area contributed by atoms with Crippen LogP contribution in [0, 0.1) is 5.92 Å². The van der Waals surface area contributed by atoms with E-state index in [1.807, 2.05) is 7.05 Å². The number of hydrogen-bond acceptors (Lipinski definition) is 3. The summed E-state index contributed by atoms with van der Waals surface area (Å²) in [5.41, 5.74) is 1.33. The fraction of sp³-hybridized carbons (Fsp3) is 0.650. The van der Waals surface area contributed by atoms with E-state index in [4.69, 9.17) is 0 Å². The lowest BCUT2D eigenvalue weighted by Crippen LogP contribution is -2.53. The fourth-order valence-electron chi connectivity index (χ4n) is 4.18. The van der Waals surface area contributed by atoms with E-state index in [-0.39, 0.29) is 24.0 Å². The first kappa shape index (κ1) is 19.7. The molecular weight excluding hydrogens is 437 g/mol. The first-order valence-electron chi connectivity index (χ1n) is 9.83. The van der Waals surface area contributed by atoms with E-state index in [2.05, 4.69) is 55.3 Å². The summed E-state index contributed by atoms with van der Waals surface area (Å²) in [4.78, 5) is 12.1. The predicted octanol–water partition coefficient (Wildman–Crippen LogP) is 2.49. The molecule has 2 saturated heterocycles. The van der Waals surface area contributed by atoms with Crippen molar-refractivity contribution in [3.63, 3.8) is 0 Å². The van der Waals surface area contributed by atoms with Gasteiger partial charge < -0.3 is 20.0 Å². The molecule has 5 nitrogen and oxygen atoms in total. The van der Waals surface area contributed by atoms with E-state index in [1.54, 1.807) is 0 Å². The molecule has 0 radical (unpaired) electrons. The molecule has 144 valence electrons. The van der Waals surface area contributed by atoms with E-state index in [1.165, 1.54) is 38.0 Å². The Labute approximate surface area is 174 Å². The summed E-state index contributed by atoms with van der Waals surface area (Å²) in [6, 6.07) is 11.6. The molecule has 0 aromatic heterocycles. The second-order valence-electron chi connectivity index (χ2n) is 7.62. The maximum absolute atomic E-state index is 4.54. The Morgan fingerprint density at radius 3 is 2.42 bits per heavy atom. The van der Waals surface area contributed by atoms with Gasteiger partial charge in [-0.2, -0.15) is 0 Å². The third kappa shape index (κ3) is 4.82. The first-order valence-corrected chi connectivity index (χ1v) is 9.83. The van der Waals surface area contributed by atoms with Gasteiger partial charge in [-0.25, -0.2) is 0 Å². The standard InChI is InChI=1S/C20H31N5.HI/c1-21-20(22-15-17-9-10-25(16-17)19-7-8-19)24-13-11-23(12-14-24)18-5-3-2-4-6-18;/h2-6,17,19H,7-16H2,1H3,(H,21,22);1H. The van der Waals surface area contributed by atoms with Crippen molar-refractivity contribution in [2.45, 2.75) is 25.3 Å². The van der Waals surface area contributed by atoms with Gasteiger partial charge >= 0.3 is 0 Å². The van der Waals surface area contributed by atoms with Crippen LogP contribution in [0.15, 0.2) is 35.3 Å². The number of rotatable bonds is 4. The van der Waals surface area contributed by atoms with Gasteiger partial charge in [0.2, 0.25) is 0 Å². The molecule has 4 rings (SSSR count). The average Bonchev–Trinajstić information content (AvgIpc) is 3.42. The lowest BCUT2D eigenvalue weighted by Gasteiger charge is -2.38. The number of nitrogens with one attached hydrogen (secondary N) is 1. The zero-order chi connectivity index (χ0) is 17.1. The van der Waals surface area contributed by atoms with Crippen molar-refractivity contribution in [2.75, 3.05) is 57.8 Å². The Hall–Kier alpha value is -1.02. The molecule has 0 spiro atoms. The van der Waals surface area contributed by atoms with E-state index < -0.39 is 0 Å². The summed E-state index contributed by atoms with van der Waals surface area (Å²) in [5.74, 6) is 1.86. The summed E-state index contributed by atoms with van der Waals surface area (Å²) in [7, 11) is 1.91. The summed E-state index contributed by atoms with van der Waals surface area (Å²) < 4.78 is 0. The summed E-state index contributed by atoms with van der Waals surface area (Å²) in [6.45, 7) is 7.82. The largest absolute Gasteiger partial charge is 0.368 e. The highest BCUT2D eigenvalue weighted by molar-refractivity contribution is 14.0. The number of guanidine groups is 1. The van der Waals surface area contributed by atoms with Crippen molar-refractivity contribution < 1.29 is 0 Å². The quantitative estimate of drug-likeness (QED) is 0.418. The number of benzene rings is 1. The molecule has 6 heteroatoms. The Bertz CT molecular complexity index is 581. The smallest absolute Gasteiger partial charge is 0.193 e. The molecule has 26 heavy (non-hydrogen) atoms. The average molecular weight is 469 g/mol. The van der Waals surface area contributed by atoms with Gasteiger partial charge in [-0.15, -0.1) is 24.0 Å². The molecule has 1 atom stereocenters. The predicted molar refractivity (Wildman–Crippen MR) is 120 cm³/mol. The van der Waals surface area contributed by atoms with Crippen LogP contribution in [0.2, 0.25) is 0 Å². The highest BCUT2D eigenvalue weighted by atomic mass is 127. The minimum absolute atomic E-state index is 0. The van der Waals surface area contributed by atoms with Gasteiger partial charge in [0, 0.05) is 58.0 Å². The third-order valence-corrected chi connectivity index (χ3v) is 5.84. The lowest BCUT2D eigenvalue weighted by molar-refractivity contribution is 0.312. The maximum atomic E-state index is 4.54. The minimum Gasteiger partial charge on any atom is -0.368 e. The topological polar surface area (TPSA) is 34.1 Å². The zero-order valence-electron chi connectivity index (χ0n) is 15.8. The number of likely N-dealkylation sites (tertiary alicyclic amines) is 1. The Morgan fingerprint density at radius 2 is 1.77 bits per heavy atom. The number of piperazine rings is 1. The second kappa shape index (κ2) is 9.26. The molecule has 1 aromatic carbocycles. The fourth-order valence-corrected chi connectivity index (χ4v) is 4.18. The molecule has 1 aliphatic carbocycles. The molecule has 0 amide bonds. The van der Waals surface area contributed by atoms with E-state index in [9.17, 15) is 0 Å². The SMILES string of the molecule is CN=C(NCC1CCN(C2CC2)C1)N1CCN(c2ccccc2)CC1.I. The number of para-hydroxylation sites is 1. The van der Waals surface area contributed by atoms with Gasteiger partial charge in [-0.3, -0.25) is 4.99 Å². The van der Waals surface area contributed by atoms with Crippen LogP contribution in [0.5, 0.6) is 0 Å². The Morgan fingerprint density at radius 1 is 1.04 bits per heavy atom. The molecule has 1 saturated carbocycles. The summed E-state index contributed by atoms with van der Waals surface area (Å²) in [6.07, 6.45) is 4.18. The van der Waals surface area contributed by atoms with Crippen LogP contribution in [0.25, 0.3) is 0 Å². The van der Waals surface area contributed by atoms with E-state index >= 15 is 0 Å². The highest BCUT2D eigenvalue weighted by Gasteiger charge is 2.34. The lowest BCUT2D eigenvalue weighted by atomic mass is 10.1. The minimum atomic E-state index is 0. The molecule has 1 N–H and O–H groups in total. The van der Waals surface area contributed by atoms with Crippen molar-refractivity contribution in [3.8, 4) is 0 Å². The number of aliphatic imine (C=N–C) groups is 1. The molecule has 2 heterocycles. The second-order valence-corrected chi connectivity index (χ2v) is 7.62. The first-order chi connectivity index (χ1) is 12.3. The van der Waals surface area contributed by atoms with Gasteiger partial charge in [-0.1, -0.05) is 18.2 Å². The van der Waals surface area contributed by atoms with Crippen LogP contribution in [0.1, 0.15) is 19.3 Å². The molecule has 0 bridgehead atoms. The number of halogens is 1. The van der Waals surface area contributed by atoms with Crippen molar-refractivity contribution in [1.29, 1.82) is 0 Å². The van der Waals surface area contributed by atoms with Gasteiger partial charge in [-0.05, 0) is 43.9 Å². The number of nitrogens with zero attached hydrogens (tertiary/aromatic N) is 4. The Kier molecular flexibility index (Phi) is 7.03. The van der Waals surface area contributed by atoms with Crippen LogP contribution in [-0.4, -0.2) is 74.7 Å². The molecule has 3 aliphatic rings. The van der Waals surface area contributed by atoms with Crippen LogP contribution in [-0.2, 0) is 0 Å². The van der Waals surface area contributed by atoms with Crippen molar-refractivity contribution in [3.05, 3.63) is 30.3 Å². The summed E-state index contributed by atoms with van der Waals surface area (Å²) >= 11 is 0. The molecule has 1 unspecified atom stereocenters. The van der Waals surface area contributed by atoms with Gasteiger partial charge in [0.15, 0.2) is 5.96 Å². The Balaban J connectivity index is 0.00000196. The van der Waals surface area contributed by atoms with Crippen LogP contribution in [0.4, 0.5) is 5.69 Å². The van der Waals surface area contributed by atoms with Gasteiger partial charge in [0.05, 0.1) is 0 Å². The highest BCUT2D eigenvalue weighted by Crippen LogP contribution is 2.31. The third-order valence-electron chi connectivity index (χ3n) is 5.84. The number of hydrogen-bond donors (Lipinski definition) is 1. The molecule has 2 aliphatic heterocycles. The zero-order valence-corrected chi connectivity index (χ0v) is 18.1. The molecular formula is C20H32IN5. The van der Waals surface area contributed by atoms with Crippen molar-refractivity contribution >= 4 is 35.6 Å². The molecule has 3 fully saturated rings. The maximum Gasteiger partial charge on any atom is 0.193 e. The van der Waals surface area contributed by atoms with Crippen LogP contribution < -0.4 is 10.2 Å². The van der Waals surface area contributed by atoms with Crippen LogP contribution in [0.3, 0.4) is 0 Å².